The van der Waals surface area contributed by atoms with Crippen LogP contribution in [-0.4, -0.2) is 64.9 Å². The van der Waals surface area contributed by atoms with Crippen LogP contribution in [0.3, 0.4) is 0 Å². The van der Waals surface area contributed by atoms with E-state index in [1.165, 1.54) is 11.1 Å². The highest BCUT2D eigenvalue weighted by molar-refractivity contribution is 14.0. The third-order valence-electron chi connectivity index (χ3n) is 4.04. The second-order valence-corrected chi connectivity index (χ2v) is 6.00. The highest BCUT2D eigenvalue weighted by Gasteiger charge is 2.01. The summed E-state index contributed by atoms with van der Waals surface area (Å²) in [5.74, 6) is 0.866. The third kappa shape index (κ3) is 11.4. The van der Waals surface area contributed by atoms with E-state index in [9.17, 15) is 0 Å². The first kappa shape index (κ1) is 24.1. The maximum Gasteiger partial charge on any atom is 0.191 e. The first-order chi connectivity index (χ1) is 11.7. The van der Waals surface area contributed by atoms with Gasteiger partial charge in [0, 0.05) is 46.9 Å². The summed E-state index contributed by atoms with van der Waals surface area (Å²) in [6.07, 6.45) is 3.16. The van der Waals surface area contributed by atoms with Crippen LogP contribution in [0.4, 0.5) is 0 Å². The number of aryl methyl sites for hydroxylation is 1. The van der Waals surface area contributed by atoms with E-state index >= 15 is 0 Å². The standard InChI is InChI=1S/C19H34N4O.HI/c1-5-17-7-9-18(10-8-17)11-12-21-19(20-2)22-13-15-23(3)14-6-16-24-4;/h7-10H,5-6,11-16H2,1-4H3,(H2,20,21,22);1H. The predicted molar refractivity (Wildman–Crippen MR) is 118 cm³/mol. The fourth-order valence-corrected chi connectivity index (χ4v) is 2.44. The minimum atomic E-state index is 0. The minimum absolute atomic E-state index is 0. The number of likely N-dealkylation sites (N-methyl/N-ethyl adjacent to an activating group) is 1. The van der Waals surface area contributed by atoms with Crippen molar-refractivity contribution in [2.24, 2.45) is 4.99 Å². The van der Waals surface area contributed by atoms with Gasteiger partial charge in [-0.3, -0.25) is 4.99 Å². The molecule has 1 rings (SSSR count). The third-order valence-corrected chi connectivity index (χ3v) is 4.04. The molecular weight excluding hydrogens is 427 g/mol. The molecule has 6 heteroatoms. The predicted octanol–water partition coefficient (Wildman–Crippen LogP) is 2.54. The van der Waals surface area contributed by atoms with Crippen molar-refractivity contribution in [3.63, 3.8) is 0 Å². The summed E-state index contributed by atoms with van der Waals surface area (Å²) in [6, 6.07) is 8.85. The molecule has 0 spiro atoms. The monoisotopic (exact) mass is 462 g/mol. The molecule has 0 aliphatic rings. The van der Waals surface area contributed by atoms with E-state index in [0.717, 1.165) is 58.0 Å². The van der Waals surface area contributed by atoms with E-state index in [0.29, 0.717) is 0 Å². The molecule has 0 unspecified atom stereocenters. The zero-order valence-electron chi connectivity index (χ0n) is 16.2. The van der Waals surface area contributed by atoms with E-state index in [2.05, 4.69) is 58.8 Å². The van der Waals surface area contributed by atoms with Crippen LogP contribution < -0.4 is 10.6 Å². The fraction of sp³-hybridized carbons (Fsp3) is 0.632. The van der Waals surface area contributed by atoms with E-state index < -0.39 is 0 Å². The van der Waals surface area contributed by atoms with Gasteiger partial charge in [0.05, 0.1) is 0 Å². The van der Waals surface area contributed by atoms with Crippen LogP contribution in [0.2, 0.25) is 0 Å². The molecule has 0 bridgehead atoms. The molecule has 0 atom stereocenters. The lowest BCUT2D eigenvalue weighted by Gasteiger charge is -2.18. The molecule has 0 aliphatic heterocycles. The number of guanidine groups is 1. The summed E-state index contributed by atoms with van der Waals surface area (Å²) in [5.41, 5.74) is 2.74. The number of ether oxygens (including phenoxy) is 1. The molecule has 0 radical (unpaired) electrons. The smallest absolute Gasteiger partial charge is 0.191 e. The van der Waals surface area contributed by atoms with Gasteiger partial charge in [-0.2, -0.15) is 0 Å². The Hall–Kier alpha value is -0.860. The van der Waals surface area contributed by atoms with Gasteiger partial charge in [-0.25, -0.2) is 0 Å². The summed E-state index contributed by atoms with van der Waals surface area (Å²) >= 11 is 0. The van der Waals surface area contributed by atoms with Gasteiger partial charge in [0.15, 0.2) is 5.96 Å². The maximum absolute atomic E-state index is 5.07. The first-order valence-corrected chi connectivity index (χ1v) is 8.89. The van der Waals surface area contributed by atoms with Crippen LogP contribution >= 0.6 is 24.0 Å². The summed E-state index contributed by atoms with van der Waals surface area (Å²) in [6.45, 7) is 6.81. The van der Waals surface area contributed by atoms with Gasteiger partial charge in [-0.1, -0.05) is 31.2 Å². The molecule has 0 saturated heterocycles. The van der Waals surface area contributed by atoms with Crippen LogP contribution in [0, 0.1) is 0 Å². The van der Waals surface area contributed by atoms with Crippen LogP contribution in [0.15, 0.2) is 29.3 Å². The lowest BCUT2D eigenvalue weighted by atomic mass is 10.1. The molecule has 1 aromatic carbocycles. The number of rotatable bonds is 11. The number of hydrogen-bond acceptors (Lipinski definition) is 3. The van der Waals surface area contributed by atoms with Gasteiger partial charge in [-0.05, 0) is 37.4 Å². The van der Waals surface area contributed by atoms with Crippen LogP contribution in [0.25, 0.3) is 0 Å². The Morgan fingerprint density at radius 3 is 2.32 bits per heavy atom. The van der Waals surface area contributed by atoms with Crippen molar-refractivity contribution in [2.45, 2.75) is 26.2 Å². The second kappa shape index (κ2) is 15.4. The quantitative estimate of drug-likeness (QED) is 0.230. The van der Waals surface area contributed by atoms with Crippen molar-refractivity contribution >= 4 is 29.9 Å². The molecule has 0 fully saturated rings. The fourth-order valence-electron chi connectivity index (χ4n) is 2.44. The Bertz CT molecular complexity index is 465. The number of aliphatic imine (C=N–C) groups is 1. The Kier molecular flexibility index (Phi) is 14.9. The zero-order valence-corrected chi connectivity index (χ0v) is 18.5. The summed E-state index contributed by atoms with van der Waals surface area (Å²) in [7, 11) is 5.69. The van der Waals surface area contributed by atoms with Gasteiger partial charge in [0.25, 0.3) is 0 Å². The topological polar surface area (TPSA) is 48.9 Å². The van der Waals surface area contributed by atoms with Gasteiger partial charge in [-0.15, -0.1) is 24.0 Å². The van der Waals surface area contributed by atoms with Crippen molar-refractivity contribution in [3.05, 3.63) is 35.4 Å². The number of methoxy groups -OCH3 is 1. The van der Waals surface area contributed by atoms with Crippen molar-refractivity contribution in [1.82, 2.24) is 15.5 Å². The maximum atomic E-state index is 5.07. The summed E-state index contributed by atoms with van der Waals surface area (Å²) in [5, 5.41) is 6.73. The summed E-state index contributed by atoms with van der Waals surface area (Å²) < 4.78 is 5.07. The van der Waals surface area contributed by atoms with Crippen LogP contribution in [-0.2, 0) is 17.6 Å². The number of benzene rings is 1. The Balaban J connectivity index is 0.00000576. The molecule has 5 nitrogen and oxygen atoms in total. The lowest BCUT2D eigenvalue weighted by Crippen LogP contribution is -2.41. The van der Waals surface area contributed by atoms with Crippen molar-refractivity contribution in [2.75, 3.05) is 54.0 Å². The minimum Gasteiger partial charge on any atom is -0.385 e. The molecule has 0 saturated carbocycles. The van der Waals surface area contributed by atoms with E-state index in [1.807, 2.05) is 7.05 Å². The van der Waals surface area contributed by atoms with E-state index in [-0.39, 0.29) is 24.0 Å². The van der Waals surface area contributed by atoms with Gasteiger partial charge in [0.1, 0.15) is 0 Å². The van der Waals surface area contributed by atoms with Crippen LogP contribution in [0.5, 0.6) is 0 Å². The Labute approximate surface area is 170 Å². The van der Waals surface area contributed by atoms with Crippen molar-refractivity contribution in [1.29, 1.82) is 0 Å². The number of halogens is 1. The molecule has 1 aromatic rings. The number of hydrogen-bond donors (Lipinski definition) is 2. The highest BCUT2D eigenvalue weighted by atomic mass is 127. The van der Waals surface area contributed by atoms with Gasteiger partial charge >= 0.3 is 0 Å². The Morgan fingerprint density at radius 2 is 1.72 bits per heavy atom. The molecule has 0 amide bonds. The second-order valence-electron chi connectivity index (χ2n) is 6.00. The van der Waals surface area contributed by atoms with E-state index in [1.54, 1.807) is 7.11 Å². The SMILES string of the molecule is CCc1ccc(CCNC(=NC)NCCN(C)CCCOC)cc1.I. The summed E-state index contributed by atoms with van der Waals surface area (Å²) in [4.78, 5) is 6.57. The van der Waals surface area contributed by atoms with Gasteiger partial charge < -0.3 is 20.3 Å². The molecule has 2 N–H and O–H groups in total. The Morgan fingerprint density at radius 1 is 1.08 bits per heavy atom. The first-order valence-electron chi connectivity index (χ1n) is 8.89. The van der Waals surface area contributed by atoms with Crippen molar-refractivity contribution < 1.29 is 4.74 Å². The zero-order chi connectivity index (χ0) is 17.6. The average molecular weight is 462 g/mol. The van der Waals surface area contributed by atoms with E-state index in [4.69, 9.17) is 4.74 Å². The highest BCUT2D eigenvalue weighted by Crippen LogP contribution is 2.05. The average Bonchev–Trinajstić information content (AvgIpc) is 2.61. The van der Waals surface area contributed by atoms with Crippen molar-refractivity contribution in [3.8, 4) is 0 Å². The normalized spacial score (nSPS) is 11.3. The molecule has 0 aromatic heterocycles. The van der Waals surface area contributed by atoms with Gasteiger partial charge in [0.2, 0.25) is 0 Å². The lowest BCUT2D eigenvalue weighted by molar-refractivity contribution is 0.180. The largest absolute Gasteiger partial charge is 0.385 e. The molecule has 0 heterocycles. The number of nitrogens with zero attached hydrogens (tertiary/aromatic N) is 2. The molecule has 25 heavy (non-hydrogen) atoms. The molecule has 144 valence electrons. The van der Waals surface area contributed by atoms with Crippen LogP contribution in [0.1, 0.15) is 24.5 Å². The molecule has 0 aliphatic carbocycles. The number of nitrogens with one attached hydrogen (secondary N) is 2. The molecular formula is C19H35IN4O.